The summed E-state index contributed by atoms with van der Waals surface area (Å²) < 4.78 is 0.853. The molecular weight excluding hydrogens is 258 g/mol. The number of hydrogen-bond acceptors (Lipinski definition) is 3. The molecule has 78 valence electrons. The predicted octanol–water partition coefficient (Wildman–Crippen LogP) is 2.25. The second kappa shape index (κ2) is 4.89. The summed E-state index contributed by atoms with van der Waals surface area (Å²) in [5, 5.41) is 11.2. The third kappa shape index (κ3) is 3.03. The molecule has 15 heavy (non-hydrogen) atoms. The second-order valence-corrected chi connectivity index (χ2v) is 4.07. The van der Waals surface area contributed by atoms with Crippen LogP contribution in [0, 0.1) is 24.2 Å². The van der Waals surface area contributed by atoms with Crippen LogP contribution in [0.2, 0.25) is 0 Å². The normalized spacial score (nSPS) is 11.6. The maximum atomic E-state index is 11.4. The number of hydrogen-bond donors (Lipinski definition) is 1. The Kier molecular flexibility index (Phi) is 3.81. The average molecular weight is 268 g/mol. The van der Waals surface area contributed by atoms with Gasteiger partial charge in [-0.25, -0.2) is 4.98 Å². The first kappa shape index (κ1) is 11.7. The van der Waals surface area contributed by atoms with E-state index in [1.807, 2.05) is 19.1 Å². The molecule has 0 spiro atoms. The molecule has 0 aliphatic heterocycles. The fourth-order valence-corrected chi connectivity index (χ4v) is 1.40. The third-order valence-corrected chi connectivity index (χ3v) is 2.31. The standard InChI is InChI=1S/C10H10BrN3O/c1-6-3-8(11)5-13-9(6)14-10(15)7(2)4-12/h3,5,7H,1-2H3,(H,13,14,15). The van der Waals surface area contributed by atoms with Gasteiger partial charge in [0.1, 0.15) is 11.7 Å². The molecule has 0 aromatic carbocycles. The monoisotopic (exact) mass is 267 g/mol. The molecule has 0 fully saturated rings. The molecule has 1 amide bonds. The van der Waals surface area contributed by atoms with Gasteiger partial charge >= 0.3 is 0 Å². The molecule has 1 unspecified atom stereocenters. The van der Waals surface area contributed by atoms with Gasteiger partial charge in [0.2, 0.25) is 5.91 Å². The molecule has 0 radical (unpaired) electrons. The van der Waals surface area contributed by atoms with E-state index < -0.39 is 5.92 Å². The highest BCUT2D eigenvalue weighted by molar-refractivity contribution is 9.10. The van der Waals surface area contributed by atoms with Gasteiger partial charge in [-0.1, -0.05) is 0 Å². The van der Waals surface area contributed by atoms with Crippen LogP contribution in [0.25, 0.3) is 0 Å². The lowest BCUT2D eigenvalue weighted by Gasteiger charge is -2.07. The Bertz CT molecular complexity index is 425. The molecular formula is C10H10BrN3O. The molecule has 0 saturated heterocycles. The number of nitriles is 1. The third-order valence-electron chi connectivity index (χ3n) is 1.87. The van der Waals surface area contributed by atoms with Crippen molar-refractivity contribution in [2.24, 2.45) is 5.92 Å². The maximum absolute atomic E-state index is 11.4. The van der Waals surface area contributed by atoms with Crippen molar-refractivity contribution in [2.45, 2.75) is 13.8 Å². The summed E-state index contributed by atoms with van der Waals surface area (Å²) in [6, 6.07) is 3.71. The Hall–Kier alpha value is -1.41. The van der Waals surface area contributed by atoms with Crippen molar-refractivity contribution in [3.05, 3.63) is 22.3 Å². The van der Waals surface area contributed by atoms with Gasteiger partial charge in [-0.05, 0) is 41.4 Å². The van der Waals surface area contributed by atoms with E-state index in [1.165, 1.54) is 0 Å². The van der Waals surface area contributed by atoms with E-state index in [0.29, 0.717) is 5.82 Å². The van der Waals surface area contributed by atoms with Gasteiger partial charge in [-0.15, -0.1) is 0 Å². The van der Waals surface area contributed by atoms with Crippen molar-refractivity contribution >= 4 is 27.7 Å². The molecule has 1 aromatic heterocycles. The minimum atomic E-state index is -0.671. The summed E-state index contributed by atoms with van der Waals surface area (Å²) in [6.45, 7) is 3.38. The van der Waals surface area contributed by atoms with Gasteiger partial charge in [0.15, 0.2) is 0 Å². The molecule has 1 N–H and O–H groups in total. The molecule has 1 heterocycles. The molecule has 1 rings (SSSR count). The fourth-order valence-electron chi connectivity index (χ4n) is 0.955. The van der Waals surface area contributed by atoms with E-state index in [4.69, 9.17) is 5.26 Å². The van der Waals surface area contributed by atoms with E-state index in [0.717, 1.165) is 10.0 Å². The van der Waals surface area contributed by atoms with Crippen LogP contribution in [0.5, 0.6) is 0 Å². The highest BCUT2D eigenvalue weighted by atomic mass is 79.9. The van der Waals surface area contributed by atoms with Crippen molar-refractivity contribution in [2.75, 3.05) is 5.32 Å². The zero-order chi connectivity index (χ0) is 11.4. The smallest absolute Gasteiger partial charge is 0.242 e. The number of rotatable bonds is 2. The number of nitrogens with one attached hydrogen (secondary N) is 1. The number of carbonyl (C=O) groups excluding carboxylic acids is 1. The zero-order valence-electron chi connectivity index (χ0n) is 8.41. The van der Waals surface area contributed by atoms with Gasteiger partial charge in [0.25, 0.3) is 0 Å². The molecule has 1 atom stereocenters. The van der Waals surface area contributed by atoms with Crippen molar-refractivity contribution in [3.8, 4) is 6.07 Å². The molecule has 0 saturated carbocycles. The number of aryl methyl sites for hydroxylation is 1. The van der Waals surface area contributed by atoms with E-state index in [1.54, 1.807) is 13.1 Å². The van der Waals surface area contributed by atoms with E-state index in [9.17, 15) is 4.79 Å². The number of carbonyl (C=O) groups is 1. The number of halogens is 1. The number of anilines is 1. The van der Waals surface area contributed by atoms with Gasteiger partial charge in [0.05, 0.1) is 6.07 Å². The number of amides is 1. The predicted molar refractivity (Wildman–Crippen MR) is 60.1 cm³/mol. The van der Waals surface area contributed by atoms with Crippen LogP contribution in [-0.2, 0) is 4.79 Å². The minimum absolute atomic E-state index is 0.338. The van der Waals surface area contributed by atoms with E-state index in [2.05, 4.69) is 26.2 Å². The van der Waals surface area contributed by atoms with Crippen molar-refractivity contribution in [1.29, 1.82) is 5.26 Å². The molecule has 0 bridgehead atoms. The van der Waals surface area contributed by atoms with Crippen molar-refractivity contribution in [1.82, 2.24) is 4.98 Å². The van der Waals surface area contributed by atoms with Gasteiger partial charge in [-0.2, -0.15) is 5.26 Å². The summed E-state index contributed by atoms with van der Waals surface area (Å²) in [5.41, 5.74) is 0.850. The van der Waals surface area contributed by atoms with Crippen LogP contribution in [0.15, 0.2) is 16.7 Å². The molecule has 1 aromatic rings. The Morgan fingerprint density at radius 2 is 2.40 bits per heavy atom. The first-order valence-corrected chi connectivity index (χ1v) is 5.16. The summed E-state index contributed by atoms with van der Waals surface area (Å²) >= 11 is 3.28. The quantitative estimate of drug-likeness (QED) is 0.894. The Morgan fingerprint density at radius 3 is 2.93 bits per heavy atom. The first-order valence-electron chi connectivity index (χ1n) is 4.37. The van der Waals surface area contributed by atoms with Crippen LogP contribution in [0.1, 0.15) is 12.5 Å². The van der Waals surface area contributed by atoms with E-state index >= 15 is 0 Å². The van der Waals surface area contributed by atoms with Crippen LogP contribution in [-0.4, -0.2) is 10.9 Å². The Morgan fingerprint density at radius 1 is 1.73 bits per heavy atom. The summed E-state index contributed by atoms with van der Waals surface area (Å²) in [5.74, 6) is -0.518. The molecule has 4 nitrogen and oxygen atoms in total. The van der Waals surface area contributed by atoms with Gasteiger partial charge in [-0.3, -0.25) is 4.79 Å². The number of pyridine rings is 1. The van der Waals surface area contributed by atoms with Crippen LogP contribution >= 0.6 is 15.9 Å². The van der Waals surface area contributed by atoms with E-state index in [-0.39, 0.29) is 5.91 Å². The Balaban J connectivity index is 2.82. The first-order chi connectivity index (χ1) is 7.04. The summed E-state index contributed by atoms with van der Waals surface area (Å²) in [7, 11) is 0. The average Bonchev–Trinajstić information content (AvgIpc) is 2.20. The van der Waals surface area contributed by atoms with Gasteiger partial charge < -0.3 is 5.32 Å². The second-order valence-electron chi connectivity index (χ2n) is 3.16. The van der Waals surface area contributed by atoms with Crippen LogP contribution in [0.4, 0.5) is 5.82 Å². The van der Waals surface area contributed by atoms with Crippen molar-refractivity contribution < 1.29 is 4.79 Å². The van der Waals surface area contributed by atoms with Crippen LogP contribution in [0.3, 0.4) is 0 Å². The lowest BCUT2D eigenvalue weighted by Crippen LogP contribution is -2.20. The van der Waals surface area contributed by atoms with Crippen LogP contribution < -0.4 is 5.32 Å². The minimum Gasteiger partial charge on any atom is -0.309 e. The molecule has 0 aliphatic rings. The highest BCUT2D eigenvalue weighted by Gasteiger charge is 2.13. The topological polar surface area (TPSA) is 65.8 Å². The lowest BCUT2D eigenvalue weighted by molar-refractivity contribution is -0.117. The van der Waals surface area contributed by atoms with Gasteiger partial charge in [0, 0.05) is 10.7 Å². The molecule has 5 heteroatoms. The fraction of sp³-hybridized carbons (Fsp3) is 0.300. The lowest BCUT2D eigenvalue weighted by atomic mass is 10.2. The Labute approximate surface area is 96.4 Å². The maximum Gasteiger partial charge on any atom is 0.242 e. The number of nitrogens with zero attached hydrogens (tertiary/aromatic N) is 2. The molecule has 0 aliphatic carbocycles. The summed E-state index contributed by atoms with van der Waals surface area (Å²) in [4.78, 5) is 15.4. The van der Waals surface area contributed by atoms with Crippen molar-refractivity contribution in [3.63, 3.8) is 0 Å². The summed E-state index contributed by atoms with van der Waals surface area (Å²) in [6.07, 6.45) is 1.60. The zero-order valence-corrected chi connectivity index (χ0v) is 10.00. The number of aromatic nitrogens is 1. The SMILES string of the molecule is Cc1cc(Br)cnc1NC(=O)C(C)C#N. The highest BCUT2D eigenvalue weighted by Crippen LogP contribution is 2.17. The largest absolute Gasteiger partial charge is 0.309 e.